The van der Waals surface area contributed by atoms with Crippen LogP contribution in [-0.2, 0) is 9.59 Å². The molecule has 2 fully saturated rings. The molecule has 0 spiro atoms. The molecular formula is C10H16N2O2S. The number of carbonyl (C=O) groups is 2. The first kappa shape index (κ1) is 10.8. The molecule has 4 nitrogen and oxygen atoms in total. The number of hydrogen-bond acceptors (Lipinski definition) is 3. The normalized spacial score (nSPS) is 42.4. The SMILES string of the molecule is C=S1C2C(N)C(=O)N2C(C(C)=O)C1(C)C. The van der Waals surface area contributed by atoms with Gasteiger partial charge in [-0.3, -0.25) is 9.59 Å². The van der Waals surface area contributed by atoms with E-state index in [-0.39, 0.29) is 38.3 Å². The molecule has 2 aliphatic heterocycles. The molecule has 0 aromatic heterocycles. The van der Waals surface area contributed by atoms with Gasteiger partial charge < -0.3 is 10.6 Å². The van der Waals surface area contributed by atoms with E-state index in [2.05, 4.69) is 5.87 Å². The maximum atomic E-state index is 11.6. The van der Waals surface area contributed by atoms with E-state index in [9.17, 15) is 9.59 Å². The summed E-state index contributed by atoms with van der Waals surface area (Å²) in [4.78, 5) is 24.8. The van der Waals surface area contributed by atoms with Crippen LogP contribution in [0.2, 0.25) is 0 Å². The largest absolute Gasteiger partial charge is 0.317 e. The van der Waals surface area contributed by atoms with Crippen molar-refractivity contribution in [2.75, 3.05) is 0 Å². The zero-order valence-corrected chi connectivity index (χ0v) is 10.0. The number of rotatable bonds is 1. The van der Waals surface area contributed by atoms with E-state index in [0.717, 1.165) is 0 Å². The van der Waals surface area contributed by atoms with E-state index in [1.807, 2.05) is 13.8 Å². The fourth-order valence-corrected chi connectivity index (χ4v) is 4.73. The van der Waals surface area contributed by atoms with Gasteiger partial charge in [-0.25, -0.2) is 0 Å². The summed E-state index contributed by atoms with van der Waals surface area (Å²) in [6, 6.07) is -0.787. The van der Waals surface area contributed by atoms with Gasteiger partial charge in [-0.05, 0) is 20.8 Å². The average Bonchev–Trinajstić information content (AvgIpc) is 2.32. The van der Waals surface area contributed by atoms with Crippen molar-refractivity contribution in [3.8, 4) is 0 Å². The number of ketones is 1. The molecule has 2 rings (SSSR count). The summed E-state index contributed by atoms with van der Waals surface area (Å²) in [6.07, 6.45) is 0. The molecule has 0 aliphatic carbocycles. The number of β-lactam (4-membered cyclic amide) rings is 1. The highest BCUT2D eigenvalue weighted by atomic mass is 32.2. The Bertz CT molecular complexity index is 378. The summed E-state index contributed by atoms with van der Waals surface area (Å²) in [5.74, 6) is 4.02. The lowest BCUT2D eigenvalue weighted by molar-refractivity contribution is -0.151. The quantitative estimate of drug-likeness (QED) is 0.505. The van der Waals surface area contributed by atoms with Gasteiger partial charge in [0.1, 0.15) is 12.1 Å². The smallest absolute Gasteiger partial charge is 0.244 e. The van der Waals surface area contributed by atoms with Gasteiger partial charge in [0.05, 0.1) is 5.37 Å². The average molecular weight is 228 g/mol. The number of amides is 1. The summed E-state index contributed by atoms with van der Waals surface area (Å²) in [5, 5.41) is -0.0265. The number of Topliss-reactive ketones (excluding diaryl/α,β-unsaturated/α-hetero) is 1. The highest BCUT2D eigenvalue weighted by Gasteiger charge is 2.62. The van der Waals surface area contributed by atoms with Crippen LogP contribution in [0.25, 0.3) is 0 Å². The zero-order valence-electron chi connectivity index (χ0n) is 9.19. The van der Waals surface area contributed by atoms with Crippen LogP contribution < -0.4 is 5.73 Å². The van der Waals surface area contributed by atoms with Crippen molar-refractivity contribution in [2.24, 2.45) is 5.73 Å². The molecular weight excluding hydrogens is 212 g/mol. The second-order valence-electron chi connectivity index (χ2n) is 4.71. The first-order valence-corrected chi connectivity index (χ1v) is 6.37. The molecule has 2 heterocycles. The van der Waals surface area contributed by atoms with E-state index in [1.165, 1.54) is 6.92 Å². The molecule has 0 saturated carbocycles. The molecule has 0 aromatic rings. The molecule has 4 atom stereocenters. The summed E-state index contributed by atoms with van der Waals surface area (Å²) < 4.78 is -0.250. The second kappa shape index (κ2) is 2.92. The van der Waals surface area contributed by atoms with Crippen LogP contribution >= 0.6 is 10.5 Å². The molecule has 2 aliphatic rings. The van der Waals surface area contributed by atoms with Crippen molar-refractivity contribution in [2.45, 2.75) is 43.0 Å². The van der Waals surface area contributed by atoms with Crippen LogP contribution in [0.4, 0.5) is 0 Å². The molecule has 84 valence electrons. The number of nitrogens with zero attached hydrogens (tertiary/aromatic N) is 1. The van der Waals surface area contributed by atoms with Crippen LogP contribution in [-0.4, -0.2) is 44.7 Å². The topological polar surface area (TPSA) is 63.4 Å². The van der Waals surface area contributed by atoms with E-state index >= 15 is 0 Å². The number of nitrogens with two attached hydrogens (primary N) is 1. The zero-order chi connectivity index (χ0) is 11.5. The van der Waals surface area contributed by atoms with E-state index in [0.29, 0.717) is 0 Å². The van der Waals surface area contributed by atoms with Gasteiger partial charge in [0.15, 0.2) is 5.78 Å². The summed E-state index contributed by atoms with van der Waals surface area (Å²) in [7, 11) is -0.263. The summed E-state index contributed by atoms with van der Waals surface area (Å²) in [6.45, 7) is 5.52. The van der Waals surface area contributed by atoms with Crippen LogP contribution in [0, 0.1) is 0 Å². The van der Waals surface area contributed by atoms with Gasteiger partial charge in [0.25, 0.3) is 0 Å². The third kappa shape index (κ3) is 1.10. The fourth-order valence-electron chi connectivity index (χ4n) is 2.57. The highest BCUT2D eigenvalue weighted by molar-refractivity contribution is 8.16. The molecule has 1 amide bonds. The van der Waals surface area contributed by atoms with Crippen LogP contribution in [0.3, 0.4) is 0 Å². The Labute approximate surface area is 91.7 Å². The minimum atomic E-state index is -0.450. The van der Waals surface area contributed by atoms with E-state index in [4.69, 9.17) is 5.73 Å². The lowest BCUT2D eigenvalue weighted by Crippen LogP contribution is -2.68. The maximum Gasteiger partial charge on any atom is 0.244 e. The maximum absolute atomic E-state index is 11.6. The monoisotopic (exact) mass is 228 g/mol. The van der Waals surface area contributed by atoms with Crippen molar-refractivity contribution < 1.29 is 9.59 Å². The molecule has 0 aromatic carbocycles. The molecule has 0 radical (unpaired) electrons. The van der Waals surface area contributed by atoms with Crippen molar-refractivity contribution in [1.29, 1.82) is 0 Å². The Morgan fingerprint density at radius 1 is 1.60 bits per heavy atom. The van der Waals surface area contributed by atoms with Crippen LogP contribution in [0.1, 0.15) is 20.8 Å². The van der Waals surface area contributed by atoms with E-state index < -0.39 is 6.04 Å². The predicted molar refractivity (Wildman–Crippen MR) is 61.9 cm³/mol. The van der Waals surface area contributed by atoms with Gasteiger partial charge in [-0.1, -0.05) is 5.87 Å². The third-order valence-electron chi connectivity index (χ3n) is 3.41. The van der Waals surface area contributed by atoms with Crippen molar-refractivity contribution in [3.05, 3.63) is 0 Å². The Kier molecular flexibility index (Phi) is 2.11. The Balaban J connectivity index is 2.45. The Morgan fingerprint density at radius 2 is 2.13 bits per heavy atom. The summed E-state index contributed by atoms with van der Waals surface area (Å²) >= 11 is 0. The lowest BCUT2D eigenvalue weighted by Gasteiger charge is -2.42. The van der Waals surface area contributed by atoms with Crippen LogP contribution in [0.15, 0.2) is 0 Å². The predicted octanol–water partition coefficient (Wildman–Crippen LogP) is -0.0673. The van der Waals surface area contributed by atoms with Gasteiger partial charge in [-0.2, -0.15) is 10.5 Å². The van der Waals surface area contributed by atoms with Crippen molar-refractivity contribution in [1.82, 2.24) is 4.90 Å². The van der Waals surface area contributed by atoms with Gasteiger partial charge in [-0.15, -0.1) is 0 Å². The summed E-state index contributed by atoms with van der Waals surface area (Å²) in [5.41, 5.74) is 5.75. The highest BCUT2D eigenvalue weighted by Crippen LogP contribution is 2.54. The van der Waals surface area contributed by atoms with Gasteiger partial charge in [0, 0.05) is 4.75 Å². The number of carbonyl (C=O) groups excluding carboxylic acids is 2. The third-order valence-corrected chi connectivity index (χ3v) is 6.09. The first-order chi connectivity index (χ1) is 6.80. The van der Waals surface area contributed by atoms with E-state index in [1.54, 1.807) is 4.90 Å². The molecule has 4 unspecified atom stereocenters. The fraction of sp³-hybridized carbons (Fsp3) is 0.700. The molecule has 15 heavy (non-hydrogen) atoms. The standard InChI is InChI=1S/C10H16N2O2S/c1-5(13)7-10(2,3)15(4)9-6(11)8(14)12(7)9/h6-7,9H,4,11H2,1-3H3. The number of fused-ring (bicyclic) bond motifs is 1. The van der Waals surface area contributed by atoms with Crippen LogP contribution in [0.5, 0.6) is 0 Å². The van der Waals surface area contributed by atoms with Gasteiger partial charge >= 0.3 is 0 Å². The minimum absolute atomic E-state index is 0.0265. The molecule has 0 bridgehead atoms. The van der Waals surface area contributed by atoms with Crippen molar-refractivity contribution in [3.63, 3.8) is 0 Å². The first-order valence-electron chi connectivity index (χ1n) is 4.91. The van der Waals surface area contributed by atoms with Gasteiger partial charge in [0.2, 0.25) is 5.91 Å². The molecule has 2 N–H and O–H groups in total. The molecule has 5 heteroatoms. The lowest BCUT2D eigenvalue weighted by atomic mass is 9.94. The van der Waals surface area contributed by atoms with Crippen molar-refractivity contribution >= 4 is 28.0 Å². The second-order valence-corrected chi connectivity index (χ2v) is 7.10. The number of hydrogen-bond donors (Lipinski definition) is 1. The minimum Gasteiger partial charge on any atom is -0.317 e. The Morgan fingerprint density at radius 3 is 2.60 bits per heavy atom. The Hall–Kier alpha value is -0.680. The molecule has 2 saturated heterocycles.